The molecule has 0 aromatic heterocycles. The Hall–Kier alpha value is -4.42. The van der Waals surface area contributed by atoms with Crippen LogP contribution in [0.1, 0.15) is 22.3 Å². The first-order valence-corrected chi connectivity index (χ1v) is 11.1. The van der Waals surface area contributed by atoms with Crippen LogP contribution in [0, 0.1) is 0 Å². The molecule has 0 radical (unpaired) electrons. The van der Waals surface area contributed by atoms with E-state index in [-0.39, 0.29) is 0 Å². The molecule has 0 saturated carbocycles. The standard InChI is InChI=1S/C29H26N2O4/c1-34-27-19-23(17-18-26(27)35-21-22-11-5-2-6-12-22)20-30-31-28(32)29(33,24-13-7-3-8-14-24)25-15-9-4-10-16-25/h2-20,33H,21H2,1H3,(H,31,32)/b30-20-. The van der Waals surface area contributed by atoms with Gasteiger partial charge >= 0.3 is 0 Å². The van der Waals surface area contributed by atoms with Crippen LogP contribution < -0.4 is 14.9 Å². The lowest BCUT2D eigenvalue weighted by Crippen LogP contribution is -2.43. The van der Waals surface area contributed by atoms with Gasteiger partial charge in [-0.15, -0.1) is 0 Å². The quantitative estimate of drug-likeness (QED) is 0.278. The SMILES string of the molecule is COc1cc(/C=N\NC(=O)C(O)(c2ccccc2)c2ccccc2)ccc1OCc1ccccc1. The molecule has 0 bridgehead atoms. The van der Waals surface area contributed by atoms with Gasteiger partial charge in [0.05, 0.1) is 13.3 Å². The van der Waals surface area contributed by atoms with Crippen molar-refractivity contribution in [3.8, 4) is 11.5 Å². The lowest BCUT2D eigenvalue weighted by atomic mass is 9.85. The van der Waals surface area contributed by atoms with Crippen LogP contribution in [0.2, 0.25) is 0 Å². The second-order valence-electron chi connectivity index (χ2n) is 7.83. The number of hydrogen-bond donors (Lipinski definition) is 2. The Morgan fingerprint density at radius 2 is 1.43 bits per heavy atom. The molecule has 0 saturated heterocycles. The third kappa shape index (κ3) is 5.57. The number of hydrazone groups is 1. The third-order valence-corrected chi connectivity index (χ3v) is 5.52. The topological polar surface area (TPSA) is 80.2 Å². The van der Waals surface area contributed by atoms with E-state index in [1.165, 1.54) is 6.21 Å². The zero-order valence-corrected chi connectivity index (χ0v) is 19.3. The predicted molar refractivity (Wildman–Crippen MR) is 135 cm³/mol. The van der Waals surface area contributed by atoms with Gasteiger partial charge in [0, 0.05) is 0 Å². The van der Waals surface area contributed by atoms with Crippen molar-refractivity contribution < 1.29 is 19.4 Å². The van der Waals surface area contributed by atoms with Crippen LogP contribution in [-0.2, 0) is 17.0 Å². The number of hydrogen-bond acceptors (Lipinski definition) is 5. The van der Waals surface area contributed by atoms with E-state index in [0.717, 1.165) is 5.56 Å². The van der Waals surface area contributed by atoms with Gasteiger partial charge in [0.25, 0.3) is 5.91 Å². The third-order valence-electron chi connectivity index (χ3n) is 5.52. The van der Waals surface area contributed by atoms with Crippen LogP contribution >= 0.6 is 0 Å². The van der Waals surface area contributed by atoms with Gasteiger partial charge in [-0.3, -0.25) is 4.79 Å². The maximum Gasteiger partial charge on any atom is 0.281 e. The Morgan fingerprint density at radius 3 is 2.00 bits per heavy atom. The zero-order valence-electron chi connectivity index (χ0n) is 19.3. The van der Waals surface area contributed by atoms with Crippen molar-refractivity contribution >= 4 is 12.1 Å². The average Bonchev–Trinajstić information content (AvgIpc) is 2.93. The molecule has 4 aromatic rings. The fourth-order valence-corrected chi connectivity index (χ4v) is 3.65. The lowest BCUT2D eigenvalue weighted by Gasteiger charge is -2.27. The van der Waals surface area contributed by atoms with Crippen molar-refractivity contribution in [2.75, 3.05) is 7.11 Å². The Morgan fingerprint density at radius 1 is 0.857 bits per heavy atom. The summed E-state index contributed by atoms with van der Waals surface area (Å²) in [6.07, 6.45) is 1.48. The van der Waals surface area contributed by atoms with Crippen LogP contribution in [0.3, 0.4) is 0 Å². The molecule has 6 nitrogen and oxygen atoms in total. The summed E-state index contributed by atoms with van der Waals surface area (Å²) in [4.78, 5) is 13.1. The molecule has 0 heterocycles. The summed E-state index contributed by atoms with van der Waals surface area (Å²) in [5.74, 6) is 0.474. The van der Waals surface area contributed by atoms with Crippen molar-refractivity contribution in [2.45, 2.75) is 12.2 Å². The van der Waals surface area contributed by atoms with Crippen molar-refractivity contribution in [3.63, 3.8) is 0 Å². The first-order valence-electron chi connectivity index (χ1n) is 11.1. The summed E-state index contributed by atoms with van der Waals surface area (Å²) in [5, 5.41) is 15.5. The van der Waals surface area contributed by atoms with Gasteiger partial charge in [-0.1, -0.05) is 91.0 Å². The van der Waals surface area contributed by atoms with Gasteiger partial charge in [0.15, 0.2) is 17.1 Å². The molecule has 0 aliphatic rings. The summed E-state index contributed by atoms with van der Waals surface area (Å²) in [5.41, 5.74) is 3.21. The molecule has 0 atom stereocenters. The first-order chi connectivity index (χ1) is 17.1. The zero-order chi connectivity index (χ0) is 24.5. The van der Waals surface area contributed by atoms with E-state index in [9.17, 15) is 9.90 Å². The second kappa shape index (κ2) is 11.1. The summed E-state index contributed by atoms with van der Waals surface area (Å²) < 4.78 is 11.3. The van der Waals surface area contributed by atoms with Crippen LogP contribution in [0.5, 0.6) is 11.5 Å². The van der Waals surface area contributed by atoms with Gasteiger partial charge < -0.3 is 14.6 Å². The minimum absolute atomic E-state index is 0.415. The van der Waals surface area contributed by atoms with E-state index in [1.807, 2.05) is 42.5 Å². The van der Waals surface area contributed by atoms with E-state index in [1.54, 1.807) is 73.8 Å². The summed E-state index contributed by atoms with van der Waals surface area (Å²) in [7, 11) is 1.56. The number of ether oxygens (including phenoxy) is 2. The molecule has 0 unspecified atom stereocenters. The molecule has 4 aromatic carbocycles. The molecule has 35 heavy (non-hydrogen) atoms. The molecule has 0 aliphatic heterocycles. The van der Waals surface area contributed by atoms with E-state index in [2.05, 4.69) is 10.5 Å². The molecular formula is C29H26N2O4. The second-order valence-corrected chi connectivity index (χ2v) is 7.83. The highest BCUT2D eigenvalue weighted by Gasteiger charge is 2.39. The number of carbonyl (C=O) groups excluding carboxylic acids is 1. The molecule has 176 valence electrons. The molecule has 6 heteroatoms. The number of carbonyl (C=O) groups is 1. The van der Waals surface area contributed by atoms with E-state index in [4.69, 9.17) is 9.47 Å². The van der Waals surface area contributed by atoms with Crippen LogP contribution in [-0.4, -0.2) is 24.3 Å². The average molecular weight is 467 g/mol. The Bertz CT molecular complexity index is 1240. The van der Waals surface area contributed by atoms with Crippen molar-refractivity contribution in [2.24, 2.45) is 5.10 Å². The number of amides is 1. The monoisotopic (exact) mass is 466 g/mol. The molecule has 0 spiro atoms. The number of nitrogens with one attached hydrogen (secondary N) is 1. The van der Waals surface area contributed by atoms with Crippen molar-refractivity contribution in [3.05, 3.63) is 131 Å². The fourth-order valence-electron chi connectivity index (χ4n) is 3.65. The Labute approximate surface area is 204 Å². The van der Waals surface area contributed by atoms with Gasteiger partial charge in [-0.25, -0.2) is 5.43 Å². The van der Waals surface area contributed by atoms with Crippen LogP contribution in [0.15, 0.2) is 114 Å². The van der Waals surface area contributed by atoms with Gasteiger partial charge in [0.1, 0.15) is 6.61 Å². The van der Waals surface area contributed by atoms with Crippen molar-refractivity contribution in [1.29, 1.82) is 0 Å². The van der Waals surface area contributed by atoms with Gasteiger partial charge in [0.2, 0.25) is 0 Å². The normalized spacial score (nSPS) is 11.3. The largest absolute Gasteiger partial charge is 0.493 e. The summed E-state index contributed by atoms with van der Waals surface area (Å²) in [6.45, 7) is 0.415. The number of nitrogens with zero attached hydrogens (tertiary/aromatic N) is 1. The first kappa shape index (κ1) is 23.7. The van der Waals surface area contributed by atoms with Crippen molar-refractivity contribution in [1.82, 2.24) is 5.43 Å². The predicted octanol–water partition coefficient (Wildman–Crippen LogP) is 4.66. The fraction of sp³-hybridized carbons (Fsp3) is 0.103. The summed E-state index contributed by atoms with van der Waals surface area (Å²) >= 11 is 0. The van der Waals surface area contributed by atoms with Gasteiger partial charge in [-0.05, 0) is 40.5 Å². The number of benzene rings is 4. The molecule has 1 amide bonds. The lowest BCUT2D eigenvalue weighted by molar-refractivity contribution is -0.136. The maximum atomic E-state index is 13.1. The Kier molecular flexibility index (Phi) is 7.55. The number of rotatable bonds is 9. The van der Waals surface area contributed by atoms with Gasteiger partial charge in [-0.2, -0.15) is 5.10 Å². The highest BCUT2D eigenvalue weighted by molar-refractivity contribution is 5.91. The molecule has 2 N–H and O–H groups in total. The Balaban J connectivity index is 1.49. The highest BCUT2D eigenvalue weighted by Crippen LogP contribution is 2.30. The van der Waals surface area contributed by atoms with E-state index in [0.29, 0.717) is 34.8 Å². The van der Waals surface area contributed by atoms with E-state index >= 15 is 0 Å². The molecular weight excluding hydrogens is 440 g/mol. The smallest absolute Gasteiger partial charge is 0.281 e. The number of aliphatic hydroxyl groups is 1. The maximum absolute atomic E-state index is 13.1. The molecule has 4 rings (SSSR count). The van der Waals surface area contributed by atoms with Crippen LogP contribution in [0.25, 0.3) is 0 Å². The summed E-state index contributed by atoms with van der Waals surface area (Å²) in [6, 6.07) is 32.8. The molecule has 0 aliphatic carbocycles. The van der Waals surface area contributed by atoms with E-state index < -0.39 is 11.5 Å². The minimum Gasteiger partial charge on any atom is -0.493 e. The molecule has 0 fully saturated rings. The minimum atomic E-state index is -1.90. The number of methoxy groups -OCH3 is 1. The highest BCUT2D eigenvalue weighted by atomic mass is 16.5. The van der Waals surface area contributed by atoms with Crippen LogP contribution in [0.4, 0.5) is 0 Å².